The molecule has 0 radical (unpaired) electrons. The molecule has 0 aliphatic carbocycles. The van der Waals surface area contributed by atoms with Crippen molar-refractivity contribution in [1.82, 2.24) is 4.98 Å². The second-order valence-electron chi connectivity index (χ2n) is 7.29. The molecule has 0 atom stereocenters. The molecule has 0 aliphatic rings. The number of carboxylic acid groups (broad SMARTS) is 1. The Hall–Kier alpha value is -3.16. The fourth-order valence-electron chi connectivity index (χ4n) is 2.93. The van der Waals surface area contributed by atoms with Crippen LogP contribution in [0.3, 0.4) is 0 Å². The van der Waals surface area contributed by atoms with E-state index in [0.29, 0.717) is 22.3 Å². The summed E-state index contributed by atoms with van der Waals surface area (Å²) in [6, 6.07) is 9.40. The Bertz CT molecular complexity index is 1000. The van der Waals surface area contributed by atoms with Gasteiger partial charge in [-0.25, -0.2) is 4.79 Å². The topological polar surface area (TPSA) is 65.6 Å². The number of nitrogens with one attached hydrogen (secondary N) is 1. The lowest BCUT2D eigenvalue weighted by atomic mass is 10.1. The van der Waals surface area contributed by atoms with Crippen molar-refractivity contribution in [3.05, 3.63) is 54.2 Å². The molecule has 0 fully saturated rings. The smallest absolute Gasteiger partial charge is 0.416 e. The number of aromatic nitrogens is 1. The van der Waals surface area contributed by atoms with Crippen molar-refractivity contribution in [3.8, 4) is 11.5 Å². The summed E-state index contributed by atoms with van der Waals surface area (Å²) >= 11 is 0. The maximum absolute atomic E-state index is 12.7. The highest BCUT2D eigenvalue weighted by Gasteiger charge is 2.31. The third kappa shape index (κ3) is 3.90. The van der Waals surface area contributed by atoms with Crippen molar-refractivity contribution in [2.45, 2.75) is 32.5 Å². The van der Waals surface area contributed by atoms with Crippen LogP contribution in [0, 0.1) is 0 Å². The first-order valence-corrected chi connectivity index (χ1v) is 8.46. The highest BCUT2D eigenvalue weighted by molar-refractivity contribution is 6.01. The molecule has 148 valence electrons. The van der Waals surface area contributed by atoms with Gasteiger partial charge in [-0.15, -0.1) is 0 Å². The first-order valence-electron chi connectivity index (χ1n) is 8.46. The zero-order valence-electron chi connectivity index (χ0n) is 15.5. The molecule has 0 saturated heterocycles. The molecule has 8 heteroatoms. The van der Waals surface area contributed by atoms with Gasteiger partial charge in [-0.05, 0) is 63.2 Å². The second-order valence-corrected chi connectivity index (χ2v) is 7.29. The fourth-order valence-corrected chi connectivity index (χ4v) is 2.93. The molecular formula is C20H19F3N2O3. The van der Waals surface area contributed by atoms with Crippen LogP contribution in [0.1, 0.15) is 26.3 Å². The predicted octanol–water partition coefficient (Wildman–Crippen LogP) is 6.26. The van der Waals surface area contributed by atoms with Crippen molar-refractivity contribution in [2.24, 2.45) is 0 Å². The van der Waals surface area contributed by atoms with E-state index in [-0.39, 0.29) is 5.75 Å². The summed E-state index contributed by atoms with van der Waals surface area (Å²) in [6.07, 6.45) is -3.90. The lowest BCUT2D eigenvalue weighted by Gasteiger charge is -2.32. The van der Waals surface area contributed by atoms with Gasteiger partial charge in [0.2, 0.25) is 0 Å². The van der Waals surface area contributed by atoms with Gasteiger partial charge in [-0.2, -0.15) is 13.2 Å². The van der Waals surface area contributed by atoms with E-state index >= 15 is 0 Å². The number of halogens is 3. The molecule has 0 spiro atoms. The Balaban J connectivity index is 1.95. The summed E-state index contributed by atoms with van der Waals surface area (Å²) in [5.74, 6) is 0.628. The van der Waals surface area contributed by atoms with E-state index in [1.54, 1.807) is 45.2 Å². The van der Waals surface area contributed by atoms with E-state index in [9.17, 15) is 23.1 Å². The maximum atomic E-state index is 12.7. The Morgan fingerprint density at radius 3 is 2.18 bits per heavy atom. The van der Waals surface area contributed by atoms with E-state index in [0.717, 1.165) is 12.1 Å². The van der Waals surface area contributed by atoms with Gasteiger partial charge < -0.3 is 14.8 Å². The Morgan fingerprint density at radius 1 is 1.04 bits per heavy atom. The summed E-state index contributed by atoms with van der Waals surface area (Å²) in [6.45, 7) is 5.34. The zero-order valence-corrected chi connectivity index (χ0v) is 15.5. The van der Waals surface area contributed by atoms with Crippen LogP contribution in [0.15, 0.2) is 48.7 Å². The molecule has 3 aromatic rings. The van der Waals surface area contributed by atoms with Crippen molar-refractivity contribution in [3.63, 3.8) is 0 Å². The molecule has 5 nitrogen and oxygen atoms in total. The second kappa shape index (κ2) is 6.78. The highest BCUT2D eigenvalue weighted by atomic mass is 19.4. The van der Waals surface area contributed by atoms with E-state index in [2.05, 4.69) is 4.98 Å². The third-order valence-electron chi connectivity index (χ3n) is 4.15. The minimum atomic E-state index is -4.41. The number of aromatic amines is 1. The molecular weight excluding hydrogens is 373 g/mol. The van der Waals surface area contributed by atoms with Crippen LogP contribution in [0.5, 0.6) is 11.5 Å². The minimum absolute atomic E-state index is 0.246. The molecule has 0 bridgehead atoms. The molecule has 3 rings (SSSR count). The number of fused-ring (bicyclic) bond motifs is 1. The van der Waals surface area contributed by atoms with Gasteiger partial charge in [-0.1, -0.05) is 0 Å². The van der Waals surface area contributed by atoms with Gasteiger partial charge in [0, 0.05) is 22.6 Å². The van der Waals surface area contributed by atoms with Crippen LogP contribution in [0.25, 0.3) is 10.9 Å². The number of benzene rings is 2. The van der Waals surface area contributed by atoms with Crippen molar-refractivity contribution in [1.29, 1.82) is 0 Å². The number of anilines is 1. The fraction of sp³-hybridized carbons (Fsp3) is 0.250. The molecule has 1 aromatic heterocycles. The molecule has 0 aliphatic heterocycles. The molecule has 2 N–H and O–H groups in total. The van der Waals surface area contributed by atoms with Crippen LogP contribution >= 0.6 is 0 Å². The lowest BCUT2D eigenvalue weighted by molar-refractivity contribution is -0.137. The number of carbonyl (C=O) groups is 1. The van der Waals surface area contributed by atoms with Crippen molar-refractivity contribution >= 4 is 22.7 Å². The first-order chi connectivity index (χ1) is 13.0. The predicted molar refractivity (Wildman–Crippen MR) is 100 cm³/mol. The number of amides is 1. The SMILES string of the molecule is CC(C)(C)N(C(=O)O)c1c[nH]c2ccc(Oc3ccc(C(F)(F)F)cc3)cc12. The quantitative estimate of drug-likeness (QED) is 0.553. The number of alkyl halides is 3. The normalized spacial score (nSPS) is 12.2. The van der Waals surface area contributed by atoms with E-state index in [1.807, 2.05) is 0 Å². The summed E-state index contributed by atoms with van der Waals surface area (Å²) in [7, 11) is 0. The summed E-state index contributed by atoms with van der Waals surface area (Å²) in [5, 5.41) is 10.3. The Kier molecular flexibility index (Phi) is 4.74. The van der Waals surface area contributed by atoms with Gasteiger partial charge in [0.1, 0.15) is 11.5 Å². The van der Waals surface area contributed by atoms with Gasteiger partial charge >= 0.3 is 12.3 Å². The van der Waals surface area contributed by atoms with Crippen LogP contribution in [0.4, 0.5) is 23.7 Å². The van der Waals surface area contributed by atoms with Crippen LogP contribution in [0.2, 0.25) is 0 Å². The minimum Gasteiger partial charge on any atom is -0.465 e. The number of H-pyrrole nitrogens is 1. The Morgan fingerprint density at radius 2 is 1.64 bits per heavy atom. The summed E-state index contributed by atoms with van der Waals surface area (Å²) in [4.78, 5) is 16.0. The average molecular weight is 392 g/mol. The van der Waals surface area contributed by atoms with Crippen LogP contribution < -0.4 is 9.64 Å². The van der Waals surface area contributed by atoms with Gasteiger partial charge in [0.05, 0.1) is 11.3 Å². The standard InChI is InChI=1S/C20H19F3N2O3/c1-19(2,3)25(18(26)27)17-11-24-16-9-8-14(10-15(16)17)28-13-6-4-12(5-7-13)20(21,22)23/h4-11,24H,1-3H3,(H,26,27). The largest absolute Gasteiger partial charge is 0.465 e. The average Bonchev–Trinajstić information content (AvgIpc) is 2.96. The lowest BCUT2D eigenvalue weighted by Crippen LogP contribution is -2.45. The summed E-state index contributed by atoms with van der Waals surface area (Å²) in [5.41, 5.74) is -0.255. The molecule has 1 amide bonds. The van der Waals surface area contributed by atoms with E-state index in [1.165, 1.54) is 17.0 Å². The third-order valence-corrected chi connectivity index (χ3v) is 4.15. The number of rotatable bonds is 3. The summed E-state index contributed by atoms with van der Waals surface area (Å²) < 4.78 is 43.7. The molecule has 28 heavy (non-hydrogen) atoms. The molecule has 0 saturated carbocycles. The molecule has 0 unspecified atom stereocenters. The number of hydrogen-bond donors (Lipinski definition) is 2. The first kappa shape index (κ1) is 19.6. The Labute approximate surface area is 159 Å². The van der Waals surface area contributed by atoms with Gasteiger partial charge in [0.25, 0.3) is 0 Å². The molecule has 1 heterocycles. The van der Waals surface area contributed by atoms with Gasteiger partial charge in [0.15, 0.2) is 0 Å². The van der Waals surface area contributed by atoms with Crippen LogP contribution in [-0.4, -0.2) is 21.7 Å². The maximum Gasteiger partial charge on any atom is 0.416 e. The van der Waals surface area contributed by atoms with E-state index in [4.69, 9.17) is 4.74 Å². The van der Waals surface area contributed by atoms with Crippen molar-refractivity contribution in [2.75, 3.05) is 4.90 Å². The monoisotopic (exact) mass is 392 g/mol. The number of ether oxygens (including phenoxy) is 1. The van der Waals surface area contributed by atoms with Crippen LogP contribution in [-0.2, 0) is 6.18 Å². The highest BCUT2D eigenvalue weighted by Crippen LogP contribution is 2.36. The van der Waals surface area contributed by atoms with E-state index < -0.39 is 23.4 Å². The van der Waals surface area contributed by atoms with Crippen molar-refractivity contribution < 1.29 is 27.8 Å². The number of nitrogens with zero attached hydrogens (tertiary/aromatic N) is 1. The molecule has 2 aromatic carbocycles. The number of hydrogen-bond acceptors (Lipinski definition) is 2. The van der Waals surface area contributed by atoms with Gasteiger partial charge in [-0.3, -0.25) is 4.90 Å². The zero-order chi connectivity index (χ0) is 20.7.